The molecule has 5 nitrogen and oxygen atoms in total. The maximum absolute atomic E-state index is 12.5. The maximum atomic E-state index is 12.5. The highest BCUT2D eigenvalue weighted by Crippen LogP contribution is 2.42. The van der Waals surface area contributed by atoms with Gasteiger partial charge in [-0.3, -0.25) is 4.90 Å². The van der Waals surface area contributed by atoms with Crippen molar-refractivity contribution in [1.29, 1.82) is 0 Å². The van der Waals surface area contributed by atoms with Crippen molar-refractivity contribution in [1.82, 2.24) is 10.2 Å². The summed E-state index contributed by atoms with van der Waals surface area (Å²) >= 11 is 3.62. The zero-order valence-corrected chi connectivity index (χ0v) is 16.3. The number of hydrogen-bond acceptors (Lipinski definition) is 5. The van der Waals surface area contributed by atoms with Crippen LogP contribution in [0.25, 0.3) is 0 Å². The van der Waals surface area contributed by atoms with Gasteiger partial charge in [0.15, 0.2) is 11.5 Å². The Labute approximate surface area is 168 Å². The molecule has 0 radical (unpaired) electrons. The molecule has 0 aliphatic carbocycles. The Morgan fingerprint density at radius 2 is 1.68 bits per heavy atom. The first-order valence-corrected chi connectivity index (χ1v) is 9.59. The van der Waals surface area contributed by atoms with Crippen molar-refractivity contribution < 1.29 is 27.4 Å². The van der Waals surface area contributed by atoms with Gasteiger partial charge in [-0.25, -0.2) is 0 Å². The summed E-state index contributed by atoms with van der Waals surface area (Å²) in [5, 5.41) is 3.32. The highest BCUT2D eigenvalue weighted by atomic mass is 79.9. The van der Waals surface area contributed by atoms with Gasteiger partial charge >= 0.3 is 6.36 Å². The summed E-state index contributed by atoms with van der Waals surface area (Å²) in [5.74, 6) is 1.10. The van der Waals surface area contributed by atoms with Crippen molar-refractivity contribution in [2.45, 2.75) is 12.4 Å². The Kier molecular flexibility index (Phi) is 5.39. The van der Waals surface area contributed by atoms with Gasteiger partial charge in [0.2, 0.25) is 6.79 Å². The van der Waals surface area contributed by atoms with E-state index in [1.807, 2.05) is 12.1 Å². The molecule has 0 bridgehead atoms. The van der Waals surface area contributed by atoms with Crippen molar-refractivity contribution in [3.05, 3.63) is 52.0 Å². The second-order valence-corrected chi connectivity index (χ2v) is 7.39. The summed E-state index contributed by atoms with van der Waals surface area (Å²) in [4.78, 5) is 2.29. The first-order chi connectivity index (χ1) is 13.4. The van der Waals surface area contributed by atoms with Crippen LogP contribution >= 0.6 is 15.9 Å². The molecular weight excluding hydrogens is 441 g/mol. The van der Waals surface area contributed by atoms with Crippen LogP contribution < -0.4 is 19.5 Å². The molecule has 150 valence electrons. The van der Waals surface area contributed by atoms with Crippen molar-refractivity contribution in [2.75, 3.05) is 33.0 Å². The second-order valence-electron chi connectivity index (χ2n) is 6.53. The Balaban J connectivity index is 1.70. The molecule has 0 spiro atoms. The van der Waals surface area contributed by atoms with Crippen LogP contribution in [0.4, 0.5) is 13.2 Å². The second kappa shape index (κ2) is 7.81. The van der Waals surface area contributed by atoms with Crippen molar-refractivity contribution in [3.63, 3.8) is 0 Å². The van der Waals surface area contributed by atoms with Gasteiger partial charge in [0.05, 0.1) is 6.04 Å². The lowest BCUT2D eigenvalue weighted by atomic mass is 9.96. The Hall–Kier alpha value is -1.97. The Morgan fingerprint density at radius 3 is 2.32 bits per heavy atom. The molecule has 0 saturated carbocycles. The quantitative estimate of drug-likeness (QED) is 0.747. The van der Waals surface area contributed by atoms with Crippen LogP contribution in [-0.2, 0) is 0 Å². The molecule has 2 aromatic carbocycles. The molecule has 28 heavy (non-hydrogen) atoms. The monoisotopic (exact) mass is 458 g/mol. The molecule has 1 saturated heterocycles. The average molecular weight is 459 g/mol. The molecule has 9 heteroatoms. The van der Waals surface area contributed by atoms with Crippen molar-refractivity contribution in [2.24, 2.45) is 0 Å². The van der Waals surface area contributed by atoms with E-state index in [-0.39, 0.29) is 18.6 Å². The molecule has 0 amide bonds. The third-order valence-corrected chi connectivity index (χ3v) is 5.42. The fraction of sp³-hybridized carbons (Fsp3) is 0.368. The summed E-state index contributed by atoms with van der Waals surface area (Å²) in [6.45, 7) is 3.48. The largest absolute Gasteiger partial charge is 0.573 e. The third-order valence-electron chi connectivity index (χ3n) is 4.73. The van der Waals surface area contributed by atoms with Gasteiger partial charge in [0, 0.05) is 30.7 Å². The molecule has 1 atom stereocenters. The van der Waals surface area contributed by atoms with E-state index in [4.69, 9.17) is 9.47 Å². The highest BCUT2D eigenvalue weighted by molar-refractivity contribution is 9.10. The summed E-state index contributed by atoms with van der Waals surface area (Å²) in [6.07, 6.45) is -4.71. The van der Waals surface area contributed by atoms with Crippen LogP contribution in [0.1, 0.15) is 17.2 Å². The van der Waals surface area contributed by atoms with E-state index < -0.39 is 6.36 Å². The first kappa shape index (κ1) is 19.4. The minimum atomic E-state index is -4.71. The minimum absolute atomic E-state index is 0.147. The topological polar surface area (TPSA) is 43.0 Å². The Bertz CT molecular complexity index is 840. The molecule has 0 unspecified atom stereocenters. The number of halogens is 4. The molecule has 1 fully saturated rings. The number of nitrogens with zero attached hydrogens (tertiary/aromatic N) is 1. The molecule has 2 aliphatic heterocycles. The number of piperazine rings is 1. The molecule has 2 aromatic rings. The van der Waals surface area contributed by atoms with E-state index in [2.05, 4.69) is 30.9 Å². The van der Waals surface area contributed by atoms with Gasteiger partial charge in [-0.1, -0.05) is 28.1 Å². The normalized spacial score (nSPS) is 18.1. The van der Waals surface area contributed by atoms with Gasteiger partial charge in [0.1, 0.15) is 5.75 Å². The van der Waals surface area contributed by atoms with E-state index in [1.54, 1.807) is 12.1 Å². The minimum Gasteiger partial charge on any atom is -0.454 e. The van der Waals surface area contributed by atoms with Crippen molar-refractivity contribution >= 4 is 15.9 Å². The van der Waals surface area contributed by atoms with Gasteiger partial charge < -0.3 is 19.5 Å². The van der Waals surface area contributed by atoms with E-state index in [1.165, 1.54) is 12.1 Å². The van der Waals surface area contributed by atoms with E-state index in [0.717, 1.165) is 41.8 Å². The lowest BCUT2D eigenvalue weighted by Gasteiger charge is -2.36. The summed E-state index contributed by atoms with van der Waals surface area (Å²) in [6, 6.07) is 9.69. The first-order valence-electron chi connectivity index (χ1n) is 8.80. The zero-order valence-electron chi connectivity index (χ0n) is 14.8. The fourth-order valence-corrected chi connectivity index (χ4v) is 4.06. The van der Waals surface area contributed by atoms with Gasteiger partial charge in [-0.2, -0.15) is 0 Å². The average Bonchev–Trinajstić information content (AvgIpc) is 3.10. The number of ether oxygens (including phenoxy) is 3. The maximum Gasteiger partial charge on any atom is 0.573 e. The smallest absolute Gasteiger partial charge is 0.454 e. The van der Waals surface area contributed by atoms with E-state index in [0.29, 0.717) is 11.5 Å². The zero-order chi connectivity index (χ0) is 19.7. The molecule has 0 aromatic heterocycles. The molecule has 2 aliphatic rings. The molecule has 1 N–H and O–H groups in total. The van der Waals surface area contributed by atoms with E-state index in [9.17, 15) is 13.2 Å². The van der Waals surface area contributed by atoms with Gasteiger partial charge in [0.25, 0.3) is 0 Å². The molecular formula is C19H18BrF3N2O3. The van der Waals surface area contributed by atoms with Crippen LogP contribution in [-0.4, -0.2) is 44.2 Å². The SMILES string of the molecule is FC(F)(F)Oc1ccc([C@H](c2cc3c(cc2Br)OCO3)N2CCNCC2)cc1. The van der Waals surface area contributed by atoms with Gasteiger partial charge in [-0.05, 0) is 35.4 Å². The van der Waals surface area contributed by atoms with Gasteiger partial charge in [-0.15, -0.1) is 13.2 Å². The summed E-state index contributed by atoms with van der Waals surface area (Å²) in [5.41, 5.74) is 1.84. The lowest BCUT2D eigenvalue weighted by molar-refractivity contribution is -0.274. The van der Waals surface area contributed by atoms with Crippen LogP contribution in [0.15, 0.2) is 40.9 Å². The standard InChI is InChI=1S/C19H18BrF3N2O3/c20-15-10-17-16(26-11-27-17)9-14(15)18(25-7-5-24-6-8-25)12-1-3-13(4-2-12)28-19(21,22)23/h1-4,9-10,18,24H,5-8,11H2/t18-/m1/s1. The highest BCUT2D eigenvalue weighted by Gasteiger charge is 2.32. The van der Waals surface area contributed by atoms with Crippen LogP contribution in [0, 0.1) is 0 Å². The summed E-state index contributed by atoms with van der Waals surface area (Å²) < 4.78 is 53.2. The predicted octanol–water partition coefficient (Wildman–Crippen LogP) is 4.07. The van der Waals surface area contributed by atoms with E-state index >= 15 is 0 Å². The predicted molar refractivity (Wildman–Crippen MR) is 99.7 cm³/mol. The Morgan fingerprint density at radius 1 is 1.04 bits per heavy atom. The van der Waals surface area contributed by atoms with Crippen molar-refractivity contribution in [3.8, 4) is 17.2 Å². The van der Waals surface area contributed by atoms with Crippen LogP contribution in [0.5, 0.6) is 17.2 Å². The van der Waals surface area contributed by atoms with Crippen LogP contribution in [0.2, 0.25) is 0 Å². The number of alkyl halides is 3. The molecule has 2 heterocycles. The molecule has 4 rings (SSSR count). The lowest BCUT2D eigenvalue weighted by Crippen LogP contribution is -2.45. The fourth-order valence-electron chi connectivity index (χ4n) is 3.52. The number of rotatable bonds is 4. The number of nitrogens with one attached hydrogen (secondary N) is 1. The number of fused-ring (bicyclic) bond motifs is 1. The summed E-state index contributed by atoms with van der Waals surface area (Å²) in [7, 11) is 0. The van der Waals surface area contributed by atoms with Crippen LogP contribution in [0.3, 0.4) is 0 Å². The third kappa shape index (κ3) is 4.21. The number of hydrogen-bond donors (Lipinski definition) is 1. The number of benzene rings is 2.